The summed E-state index contributed by atoms with van der Waals surface area (Å²) in [5, 5.41) is 28.9. The predicted molar refractivity (Wildman–Crippen MR) is 143 cm³/mol. The van der Waals surface area contributed by atoms with E-state index in [4.69, 9.17) is 26.4 Å². The molecule has 2 aliphatic heterocycles. The van der Waals surface area contributed by atoms with Crippen molar-refractivity contribution < 1.29 is 24.4 Å². The number of phenols is 2. The molecule has 0 amide bonds. The van der Waals surface area contributed by atoms with Gasteiger partial charge in [0.05, 0.1) is 20.3 Å². The number of thiocarbonyl (C=S) groups is 1. The molecule has 3 aromatic rings. The molecule has 1 saturated carbocycles. The summed E-state index contributed by atoms with van der Waals surface area (Å²) >= 11 is 5.75. The van der Waals surface area contributed by atoms with Crippen molar-refractivity contribution in [2.75, 3.05) is 14.2 Å². The highest BCUT2D eigenvalue weighted by molar-refractivity contribution is 7.80. The van der Waals surface area contributed by atoms with Gasteiger partial charge in [0.2, 0.25) is 5.75 Å². The van der Waals surface area contributed by atoms with Crippen molar-refractivity contribution in [3.8, 4) is 28.7 Å². The molecule has 6 rings (SSSR count). The van der Waals surface area contributed by atoms with E-state index in [2.05, 4.69) is 34.9 Å². The van der Waals surface area contributed by atoms with Gasteiger partial charge in [-0.25, -0.2) is 0 Å². The second kappa shape index (κ2) is 9.03. The van der Waals surface area contributed by atoms with Crippen LogP contribution < -0.4 is 24.8 Å². The number of methoxy groups -OCH3 is 2. The Morgan fingerprint density at radius 1 is 0.865 bits per heavy atom. The summed E-state index contributed by atoms with van der Waals surface area (Å²) in [7, 11) is 3.31. The standard InChI is InChI=1S/C29H30N2O5S/c1-34-18-10-6-16(7-11-18)24-20-14-15-23(32)26(33)27(20)36-29-21(24)4-3-5-22(29)25(30-28(37)31-29)17-8-12-19(35-2)13-9-17/h6-15,21-22,24-25,32-33H,3-5H2,1-2H3,(H2,30,31,37)/t21-,22+,24-,25-,29-/m0/s1. The summed E-state index contributed by atoms with van der Waals surface area (Å²) < 4.78 is 17.6. The number of nitrogens with one attached hydrogen (secondary N) is 2. The quantitative estimate of drug-likeness (QED) is 0.284. The zero-order chi connectivity index (χ0) is 25.7. The molecule has 3 aromatic carbocycles. The minimum Gasteiger partial charge on any atom is -0.504 e. The van der Waals surface area contributed by atoms with Crippen LogP contribution >= 0.6 is 12.2 Å². The number of ether oxygens (including phenoxy) is 3. The first kappa shape index (κ1) is 23.7. The van der Waals surface area contributed by atoms with E-state index < -0.39 is 5.72 Å². The second-order valence-corrected chi connectivity index (χ2v) is 10.4. The van der Waals surface area contributed by atoms with Crippen LogP contribution in [0, 0.1) is 11.8 Å². The summed E-state index contributed by atoms with van der Waals surface area (Å²) in [6.45, 7) is 0. The smallest absolute Gasteiger partial charge is 0.200 e. The van der Waals surface area contributed by atoms with Crippen molar-refractivity contribution in [1.29, 1.82) is 0 Å². The molecule has 2 heterocycles. The summed E-state index contributed by atoms with van der Waals surface area (Å²) in [5.74, 6) is 1.35. The van der Waals surface area contributed by atoms with E-state index in [1.807, 2.05) is 30.3 Å². The molecule has 0 aromatic heterocycles. The first-order valence-electron chi connectivity index (χ1n) is 12.6. The van der Waals surface area contributed by atoms with Gasteiger partial charge in [-0.3, -0.25) is 0 Å². The maximum absolute atomic E-state index is 11.0. The monoisotopic (exact) mass is 518 g/mol. The lowest BCUT2D eigenvalue weighted by Gasteiger charge is -2.59. The van der Waals surface area contributed by atoms with Crippen molar-refractivity contribution in [3.05, 3.63) is 77.4 Å². The van der Waals surface area contributed by atoms with Crippen LogP contribution in [0.1, 0.15) is 47.9 Å². The van der Waals surface area contributed by atoms with Gasteiger partial charge in [0.1, 0.15) is 11.5 Å². The van der Waals surface area contributed by atoms with Crippen molar-refractivity contribution in [2.24, 2.45) is 11.8 Å². The van der Waals surface area contributed by atoms with Crippen LogP contribution in [-0.2, 0) is 0 Å². The predicted octanol–water partition coefficient (Wildman–Crippen LogP) is 4.97. The van der Waals surface area contributed by atoms with Crippen LogP contribution in [0.3, 0.4) is 0 Å². The third-order valence-corrected chi connectivity index (χ3v) is 8.45. The number of phenolic OH excluding ortho intramolecular Hbond substituents is 2. The lowest BCUT2D eigenvalue weighted by molar-refractivity contribution is -0.122. The first-order chi connectivity index (χ1) is 17.9. The van der Waals surface area contributed by atoms with Crippen LogP contribution in [0.5, 0.6) is 28.7 Å². The number of hydrogen-bond acceptors (Lipinski definition) is 6. The number of fused-ring (bicyclic) bond motifs is 1. The molecule has 0 bridgehead atoms. The summed E-state index contributed by atoms with van der Waals surface area (Å²) in [6, 6.07) is 19.4. The Labute approximate surface area is 221 Å². The Morgan fingerprint density at radius 2 is 1.49 bits per heavy atom. The van der Waals surface area contributed by atoms with Crippen LogP contribution in [0.4, 0.5) is 0 Å². The highest BCUT2D eigenvalue weighted by Crippen LogP contribution is 2.60. The number of rotatable bonds is 4. The maximum atomic E-state index is 11.0. The molecule has 1 saturated heterocycles. The van der Waals surface area contributed by atoms with Gasteiger partial charge in [-0.05, 0) is 66.5 Å². The largest absolute Gasteiger partial charge is 0.504 e. The van der Waals surface area contributed by atoms with Crippen LogP contribution in [0.15, 0.2) is 60.7 Å². The third-order valence-electron chi connectivity index (χ3n) is 8.23. The number of hydrogen-bond donors (Lipinski definition) is 4. The van der Waals surface area contributed by atoms with Crippen LogP contribution in [-0.4, -0.2) is 35.3 Å². The van der Waals surface area contributed by atoms with E-state index in [-0.39, 0.29) is 35.3 Å². The van der Waals surface area contributed by atoms with Gasteiger partial charge in [0, 0.05) is 23.3 Å². The molecule has 7 nitrogen and oxygen atoms in total. The lowest BCUT2D eigenvalue weighted by atomic mass is 9.60. The molecular formula is C29H30N2O5S. The van der Waals surface area contributed by atoms with Crippen LogP contribution in [0.25, 0.3) is 0 Å². The molecule has 192 valence electrons. The normalized spacial score (nSPS) is 27.9. The van der Waals surface area contributed by atoms with E-state index in [9.17, 15) is 10.2 Å². The second-order valence-electron chi connectivity index (χ2n) is 9.99. The van der Waals surface area contributed by atoms with Crippen LogP contribution in [0.2, 0.25) is 0 Å². The van der Waals surface area contributed by atoms with E-state index >= 15 is 0 Å². The van der Waals surface area contributed by atoms with Gasteiger partial charge < -0.3 is 35.1 Å². The molecule has 0 radical (unpaired) electrons. The van der Waals surface area contributed by atoms with E-state index in [1.54, 1.807) is 14.2 Å². The Balaban J connectivity index is 1.52. The Kier molecular flexibility index (Phi) is 5.79. The summed E-state index contributed by atoms with van der Waals surface area (Å²) in [6.07, 6.45) is 2.84. The summed E-state index contributed by atoms with van der Waals surface area (Å²) in [4.78, 5) is 0. The van der Waals surface area contributed by atoms with Gasteiger partial charge in [0.25, 0.3) is 0 Å². The van der Waals surface area contributed by atoms with Crippen molar-refractivity contribution in [2.45, 2.75) is 36.9 Å². The average molecular weight is 519 g/mol. The van der Waals surface area contributed by atoms with Crippen molar-refractivity contribution >= 4 is 17.3 Å². The Bertz CT molecular complexity index is 1330. The molecule has 37 heavy (non-hydrogen) atoms. The topological polar surface area (TPSA) is 92.2 Å². The van der Waals surface area contributed by atoms with E-state index in [0.717, 1.165) is 47.5 Å². The minimum atomic E-state index is -0.881. The third kappa shape index (κ3) is 3.73. The van der Waals surface area contributed by atoms with Gasteiger partial charge in [-0.2, -0.15) is 0 Å². The van der Waals surface area contributed by atoms with Gasteiger partial charge in [-0.1, -0.05) is 36.8 Å². The lowest BCUT2D eigenvalue weighted by Crippen LogP contribution is -2.73. The molecule has 4 N–H and O–H groups in total. The zero-order valence-electron chi connectivity index (χ0n) is 20.7. The SMILES string of the molecule is COc1ccc([C@H]2c3ccc(O)c(O)c3O[C@]34NC(=S)N[C@@H](c5ccc(OC)cc5)[C@H]3CCC[C@@H]24)cc1. The molecule has 3 aliphatic rings. The van der Waals surface area contributed by atoms with Gasteiger partial charge in [-0.15, -0.1) is 0 Å². The molecular weight excluding hydrogens is 488 g/mol. The minimum absolute atomic E-state index is 0.00184. The fourth-order valence-corrected chi connectivity index (χ4v) is 6.86. The summed E-state index contributed by atoms with van der Waals surface area (Å²) in [5.41, 5.74) is 2.15. The Hall–Kier alpha value is -3.65. The van der Waals surface area contributed by atoms with E-state index in [0.29, 0.717) is 10.9 Å². The molecule has 0 unspecified atom stereocenters. The highest BCUT2D eigenvalue weighted by atomic mass is 32.1. The van der Waals surface area contributed by atoms with Gasteiger partial charge >= 0.3 is 0 Å². The maximum Gasteiger partial charge on any atom is 0.200 e. The van der Waals surface area contributed by atoms with Gasteiger partial charge in [0.15, 0.2) is 22.3 Å². The fraction of sp³-hybridized carbons (Fsp3) is 0.345. The number of aromatic hydroxyl groups is 2. The molecule has 2 fully saturated rings. The molecule has 1 aliphatic carbocycles. The Morgan fingerprint density at radius 3 is 2.14 bits per heavy atom. The average Bonchev–Trinajstić information content (AvgIpc) is 2.93. The fourth-order valence-electron chi connectivity index (χ4n) is 6.57. The number of benzene rings is 3. The molecule has 1 spiro atoms. The molecule has 5 atom stereocenters. The first-order valence-corrected chi connectivity index (χ1v) is 13.0. The van der Waals surface area contributed by atoms with Crippen molar-refractivity contribution in [3.63, 3.8) is 0 Å². The van der Waals surface area contributed by atoms with E-state index in [1.165, 1.54) is 6.07 Å². The zero-order valence-corrected chi connectivity index (χ0v) is 21.5. The van der Waals surface area contributed by atoms with Crippen molar-refractivity contribution in [1.82, 2.24) is 10.6 Å². The molecule has 8 heteroatoms. The highest BCUT2D eigenvalue weighted by Gasteiger charge is 2.61.